The van der Waals surface area contributed by atoms with Gasteiger partial charge in [-0.15, -0.1) is 0 Å². The molecule has 0 aromatic heterocycles. The maximum atomic E-state index is 11.5. The molecule has 1 aromatic carbocycles. The molecule has 0 atom stereocenters. The molecule has 0 unspecified atom stereocenters. The zero-order valence-electron chi connectivity index (χ0n) is 15.8. The van der Waals surface area contributed by atoms with E-state index in [9.17, 15) is 9.59 Å². The van der Waals surface area contributed by atoms with Crippen LogP contribution in [0, 0.1) is 5.92 Å². The quantitative estimate of drug-likeness (QED) is 0.550. The Kier molecular flexibility index (Phi) is 7.44. The second kappa shape index (κ2) is 9.79. The van der Waals surface area contributed by atoms with E-state index in [0.717, 1.165) is 43.1 Å². The van der Waals surface area contributed by atoms with Gasteiger partial charge in [-0.1, -0.05) is 12.1 Å². The Morgan fingerprint density at radius 1 is 1.27 bits per heavy atom. The number of carbonyl (C=O) groups is 2. The highest BCUT2D eigenvalue weighted by molar-refractivity contribution is 5.88. The second-order valence-corrected chi connectivity index (χ2v) is 6.59. The molecule has 2 rings (SSSR count). The molecule has 142 valence electrons. The van der Waals surface area contributed by atoms with Crippen molar-refractivity contribution in [2.45, 2.75) is 32.7 Å². The number of benzene rings is 1. The number of aliphatic imine (C=N–C) groups is 1. The summed E-state index contributed by atoms with van der Waals surface area (Å²) < 4.78 is 0. The molecule has 3 N–H and O–H groups in total. The Balaban J connectivity index is 1.85. The summed E-state index contributed by atoms with van der Waals surface area (Å²) in [5, 5.41) is 8.88. The predicted octanol–water partition coefficient (Wildman–Crippen LogP) is 1.57. The van der Waals surface area contributed by atoms with Crippen LogP contribution in [0.5, 0.6) is 0 Å². The van der Waals surface area contributed by atoms with Crippen LogP contribution >= 0.6 is 0 Å². The van der Waals surface area contributed by atoms with Crippen molar-refractivity contribution < 1.29 is 9.59 Å². The molecule has 1 fully saturated rings. The third kappa shape index (κ3) is 6.06. The number of carbonyl (C=O) groups excluding carboxylic acids is 2. The third-order valence-corrected chi connectivity index (χ3v) is 4.58. The lowest BCUT2D eigenvalue weighted by Crippen LogP contribution is -2.45. The van der Waals surface area contributed by atoms with Gasteiger partial charge in [-0.25, -0.2) is 0 Å². The number of guanidine groups is 1. The van der Waals surface area contributed by atoms with E-state index in [-0.39, 0.29) is 11.8 Å². The summed E-state index contributed by atoms with van der Waals surface area (Å²) in [6.45, 7) is 3.93. The maximum absolute atomic E-state index is 11.5. The first-order valence-electron chi connectivity index (χ1n) is 9.04. The monoisotopic (exact) mass is 359 g/mol. The lowest BCUT2D eigenvalue weighted by Gasteiger charge is -2.34. The molecule has 0 saturated carbocycles. The predicted molar refractivity (Wildman–Crippen MR) is 104 cm³/mol. The van der Waals surface area contributed by atoms with Crippen molar-refractivity contribution in [3.8, 4) is 0 Å². The van der Waals surface area contributed by atoms with Crippen LogP contribution in [0.4, 0.5) is 5.69 Å². The van der Waals surface area contributed by atoms with Gasteiger partial charge in [0.1, 0.15) is 0 Å². The summed E-state index contributed by atoms with van der Waals surface area (Å²) in [5.74, 6) is 1.35. The molecule has 1 aliphatic rings. The number of hydrogen-bond donors (Lipinski definition) is 3. The summed E-state index contributed by atoms with van der Waals surface area (Å²) in [7, 11) is 3.47. The average molecular weight is 359 g/mol. The fraction of sp³-hybridized carbons (Fsp3) is 0.526. The van der Waals surface area contributed by atoms with E-state index in [1.807, 2.05) is 24.3 Å². The van der Waals surface area contributed by atoms with Gasteiger partial charge in [-0.3, -0.25) is 14.6 Å². The zero-order valence-corrected chi connectivity index (χ0v) is 15.8. The van der Waals surface area contributed by atoms with Crippen LogP contribution < -0.4 is 16.0 Å². The summed E-state index contributed by atoms with van der Waals surface area (Å²) in [6.07, 6.45) is 2.59. The number of anilines is 1. The van der Waals surface area contributed by atoms with E-state index in [4.69, 9.17) is 0 Å². The fourth-order valence-electron chi connectivity index (χ4n) is 3.19. The van der Waals surface area contributed by atoms with Crippen molar-refractivity contribution in [3.63, 3.8) is 0 Å². The van der Waals surface area contributed by atoms with Crippen molar-refractivity contribution in [2.24, 2.45) is 10.9 Å². The molecular formula is C19H29N5O2. The van der Waals surface area contributed by atoms with Crippen molar-refractivity contribution in [1.82, 2.24) is 15.5 Å². The van der Waals surface area contributed by atoms with E-state index in [1.54, 1.807) is 14.1 Å². The number of hydrogen-bond acceptors (Lipinski definition) is 3. The van der Waals surface area contributed by atoms with Gasteiger partial charge in [0.2, 0.25) is 11.8 Å². The number of likely N-dealkylation sites (tertiary alicyclic amines) is 1. The van der Waals surface area contributed by atoms with Crippen LogP contribution in [0.3, 0.4) is 0 Å². The Morgan fingerprint density at radius 3 is 2.62 bits per heavy atom. The largest absolute Gasteiger partial charge is 0.359 e. The minimum atomic E-state index is -0.0782. The van der Waals surface area contributed by atoms with Gasteiger partial charge in [-0.2, -0.15) is 0 Å². The van der Waals surface area contributed by atoms with Gasteiger partial charge in [-0.05, 0) is 36.5 Å². The second-order valence-electron chi connectivity index (χ2n) is 6.59. The molecule has 7 nitrogen and oxygen atoms in total. The van der Waals surface area contributed by atoms with Crippen molar-refractivity contribution >= 4 is 23.5 Å². The first-order valence-corrected chi connectivity index (χ1v) is 9.04. The molecule has 0 aliphatic carbocycles. The molecule has 1 saturated heterocycles. The molecule has 1 heterocycles. The molecule has 2 amide bonds. The smallest absolute Gasteiger partial charge is 0.221 e. The van der Waals surface area contributed by atoms with Crippen LogP contribution in [0.15, 0.2) is 29.3 Å². The van der Waals surface area contributed by atoms with Crippen LogP contribution in [0.1, 0.15) is 31.7 Å². The fourth-order valence-corrected chi connectivity index (χ4v) is 3.19. The van der Waals surface area contributed by atoms with E-state index >= 15 is 0 Å². The van der Waals surface area contributed by atoms with Crippen molar-refractivity contribution in [3.05, 3.63) is 29.8 Å². The highest BCUT2D eigenvalue weighted by atomic mass is 16.2. The third-order valence-electron chi connectivity index (χ3n) is 4.58. The Labute approximate surface area is 155 Å². The summed E-state index contributed by atoms with van der Waals surface area (Å²) in [5.41, 5.74) is 1.87. The molecular weight excluding hydrogens is 330 g/mol. The summed E-state index contributed by atoms with van der Waals surface area (Å²) in [4.78, 5) is 29.3. The number of piperidine rings is 1. The first kappa shape index (κ1) is 19.8. The highest BCUT2D eigenvalue weighted by Gasteiger charge is 2.22. The molecule has 1 aromatic rings. The zero-order chi connectivity index (χ0) is 18.9. The van der Waals surface area contributed by atoms with Gasteiger partial charge in [0, 0.05) is 52.8 Å². The molecule has 7 heteroatoms. The number of nitrogens with one attached hydrogen (secondary N) is 3. The van der Waals surface area contributed by atoms with Gasteiger partial charge in [0.25, 0.3) is 0 Å². The van der Waals surface area contributed by atoms with E-state index < -0.39 is 0 Å². The van der Waals surface area contributed by atoms with Crippen LogP contribution in [0.25, 0.3) is 0 Å². The molecule has 26 heavy (non-hydrogen) atoms. The Bertz CT molecular complexity index is 651. The number of amides is 2. The highest BCUT2D eigenvalue weighted by Crippen LogP contribution is 2.20. The Morgan fingerprint density at radius 2 is 2.00 bits per heavy atom. The normalized spacial score (nSPS) is 15.5. The van der Waals surface area contributed by atoms with Gasteiger partial charge in [0.05, 0.1) is 0 Å². The van der Waals surface area contributed by atoms with Gasteiger partial charge < -0.3 is 20.9 Å². The minimum absolute atomic E-state index is 0.0782. The SMILES string of the molecule is CN=C(NCc1cccc(NC(C)=O)c1)N1CCC(CC(=O)NC)CC1. The molecule has 0 spiro atoms. The molecule has 0 radical (unpaired) electrons. The van der Waals surface area contributed by atoms with E-state index in [2.05, 4.69) is 25.8 Å². The standard InChI is InChI=1S/C19H29N5O2/c1-14(25)23-17-6-4-5-16(11-17)13-22-19(21-3)24-9-7-15(8-10-24)12-18(26)20-2/h4-6,11,15H,7-10,12-13H2,1-3H3,(H,20,26)(H,21,22)(H,23,25). The van der Waals surface area contributed by atoms with Gasteiger partial charge in [0.15, 0.2) is 5.96 Å². The average Bonchev–Trinajstić information content (AvgIpc) is 2.63. The molecule has 1 aliphatic heterocycles. The lowest BCUT2D eigenvalue weighted by molar-refractivity contribution is -0.121. The minimum Gasteiger partial charge on any atom is -0.359 e. The number of rotatable bonds is 5. The molecule has 0 bridgehead atoms. The summed E-state index contributed by atoms with van der Waals surface area (Å²) in [6, 6.07) is 7.77. The van der Waals surface area contributed by atoms with E-state index in [1.165, 1.54) is 6.92 Å². The van der Waals surface area contributed by atoms with Crippen molar-refractivity contribution in [1.29, 1.82) is 0 Å². The summed E-state index contributed by atoms with van der Waals surface area (Å²) >= 11 is 0. The number of nitrogens with zero attached hydrogens (tertiary/aromatic N) is 2. The lowest BCUT2D eigenvalue weighted by atomic mass is 9.93. The van der Waals surface area contributed by atoms with Gasteiger partial charge >= 0.3 is 0 Å². The van der Waals surface area contributed by atoms with E-state index in [0.29, 0.717) is 18.9 Å². The van der Waals surface area contributed by atoms with Crippen molar-refractivity contribution in [2.75, 3.05) is 32.5 Å². The topological polar surface area (TPSA) is 85.8 Å². The first-order chi connectivity index (χ1) is 12.5. The van der Waals surface area contributed by atoms with Crippen LogP contribution in [0.2, 0.25) is 0 Å². The van der Waals surface area contributed by atoms with Crippen LogP contribution in [-0.4, -0.2) is 49.9 Å². The Hall–Kier alpha value is -2.57. The maximum Gasteiger partial charge on any atom is 0.221 e. The van der Waals surface area contributed by atoms with Crippen LogP contribution in [-0.2, 0) is 16.1 Å².